The molecule has 0 unspecified atom stereocenters. The van der Waals surface area contributed by atoms with Gasteiger partial charge in [0.15, 0.2) is 5.17 Å². The molecule has 1 amide bonds. The van der Waals surface area contributed by atoms with E-state index in [1.165, 1.54) is 18.9 Å². The Balaban J connectivity index is 1.93. The second kappa shape index (κ2) is 7.76. The SMILES string of the molecule is COC(=O)c1ccccc1N=C1NC(=O)/C(=C(\C)c2ccc(Cl)cc2)S1. The maximum Gasteiger partial charge on any atom is 0.340 e. The molecular formula is C19H15ClN2O3S. The van der Waals surface area contributed by atoms with Crippen LogP contribution in [0.1, 0.15) is 22.8 Å². The van der Waals surface area contributed by atoms with Crippen LogP contribution < -0.4 is 5.32 Å². The molecular weight excluding hydrogens is 372 g/mol. The highest BCUT2D eigenvalue weighted by Crippen LogP contribution is 2.33. The van der Waals surface area contributed by atoms with Crippen molar-refractivity contribution in [3.8, 4) is 0 Å². The largest absolute Gasteiger partial charge is 0.465 e. The predicted octanol–water partition coefficient (Wildman–Crippen LogP) is 4.41. The highest BCUT2D eigenvalue weighted by atomic mass is 35.5. The van der Waals surface area contributed by atoms with Gasteiger partial charge in [-0.15, -0.1) is 0 Å². The summed E-state index contributed by atoms with van der Waals surface area (Å²) < 4.78 is 4.77. The van der Waals surface area contributed by atoms with Gasteiger partial charge in [-0.1, -0.05) is 35.9 Å². The summed E-state index contributed by atoms with van der Waals surface area (Å²) in [5.74, 6) is -0.705. The second-order valence-electron chi connectivity index (χ2n) is 5.44. The summed E-state index contributed by atoms with van der Waals surface area (Å²) in [6, 6.07) is 14.1. The van der Waals surface area contributed by atoms with Crippen LogP contribution in [0.2, 0.25) is 5.02 Å². The van der Waals surface area contributed by atoms with Crippen molar-refractivity contribution in [2.45, 2.75) is 6.92 Å². The number of hydrogen-bond acceptors (Lipinski definition) is 5. The first-order chi connectivity index (χ1) is 12.5. The highest BCUT2D eigenvalue weighted by molar-refractivity contribution is 8.18. The molecule has 0 spiro atoms. The number of amidine groups is 1. The quantitative estimate of drug-likeness (QED) is 0.626. The normalized spacial score (nSPS) is 17.2. The van der Waals surface area contributed by atoms with E-state index in [0.717, 1.165) is 11.1 Å². The third kappa shape index (κ3) is 3.81. The minimum Gasteiger partial charge on any atom is -0.465 e. The van der Waals surface area contributed by atoms with Crippen molar-refractivity contribution in [3.63, 3.8) is 0 Å². The van der Waals surface area contributed by atoms with Crippen LogP contribution in [-0.2, 0) is 9.53 Å². The van der Waals surface area contributed by atoms with Gasteiger partial charge in [0, 0.05) is 5.02 Å². The number of halogens is 1. The van der Waals surface area contributed by atoms with E-state index in [0.29, 0.717) is 26.3 Å². The van der Waals surface area contributed by atoms with Gasteiger partial charge in [-0.3, -0.25) is 4.79 Å². The van der Waals surface area contributed by atoms with E-state index in [1.807, 2.05) is 19.1 Å². The number of nitrogens with one attached hydrogen (secondary N) is 1. The third-order valence-corrected chi connectivity index (χ3v) is 5.11. The molecule has 0 bridgehead atoms. The number of carbonyl (C=O) groups excluding carboxylic acids is 2. The topological polar surface area (TPSA) is 67.8 Å². The molecule has 3 rings (SSSR count). The van der Waals surface area contributed by atoms with Crippen molar-refractivity contribution in [2.75, 3.05) is 7.11 Å². The highest BCUT2D eigenvalue weighted by Gasteiger charge is 2.27. The molecule has 0 aromatic heterocycles. The molecule has 0 aliphatic carbocycles. The van der Waals surface area contributed by atoms with E-state index < -0.39 is 5.97 Å². The minimum absolute atomic E-state index is 0.225. The molecule has 0 radical (unpaired) electrons. The number of thioether (sulfide) groups is 1. The Hall–Kier alpha value is -2.57. The lowest BCUT2D eigenvalue weighted by atomic mass is 10.1. The Morgan fingerprint density at radius 1 is 1.15 bits per heavy atom. The lowest BCUT2D eigenvalue weighted by molar-refractivity contribution is -0.115. The summed E-state index contributed by atoms with van der Waals surface area (Å²) in [6.45, 7) is 1.87. The molecule has 7 heteroatoms. The van der Waals surface area contributed by atoms with Crippen LogP contribution in [0.5, 0.6) is 0 Å². The number of rotatable bonds is 3. The van der Waals surface area contributed by atoms with Crippen molar-refractivity contribution in [1.29, 1.82) is 0 Å². The number of allylic oxidation sites excluding steroid dienone is 1. The molecule has 0 atom stereocenters. The van der Waals surface area contributed by atoms with Crippen LogP contribution in [-0.4, -0.2) is 24.2 Å². The van der Waals surface area contributed by atoms with Crippen LogP contribution in [0, 0.1) is 0 Å². The zero-order valence-corrected chi connectivity index (χ0v) is 15.6. The smallest absolute Gasteiger partial charge is 0.340 e. The summed E-state index contributed by atoms with van der Waals surface area (Å²) in [7, 11) is 1.31. The number of ether oxygens (including phenoxy) is 1. The molecule has 132 valence electrons. The fraction of sp³-hybridized carbons (Fsp3) is 0.105. The first-order valence-electron chi connectivity index (χ1n) is 7.71. The Kier molecular flexibility index (Phi) is 5.44. The average molecular weight is 387 g/mol. The lowest BCUT2D eigenvalue weighted by Crippen LogP contribution is -2.19. The Bertz CT molecular complexity index is 936. The second-order valence-corrected chi connectivity index (χ2v) is 6.88. The first-order valence-corrected chi connectivity index (χ1v) is 8.91. The number of esters is 1. The molecule has 1 fully saturated rings. The van der Waals surface area contributed by atoms with Crippen LogP contribution in [0.4, 0.5) is 5.69 Å². The number of methoxy groups -OCH3 is 1. The van der Waals surface area contributed by atoms with Crippen molar-refractivity contribution in [3.05, 3.63) is 69.6 Å². The van der Waals surface area contributed by atoms with Crippen molar-refractivity contribution >= 4 is 51.7 Å². The number of para-hydroxylation sites is 1. The number of benzene rings is 2. The molecule has 1 saturated heterocycles. The van der Waals surface area contributed by atoms with E-state index in [9.17, 15) is 9.59 Å². The number of aliphatic imine (C=N–C) groups is 1. The van der Waals surface area contributed by atoms with E-state index in [-0.39, 0.29) is 5.91 Å². The molecule has 0 saturated carbocycles. The zero-order valence-electron chi connectivity index (χ0n) is 14.1. The van der Waals surface area contributed by atoms with Gasteiger partial charge in [-0.05, 0) is 54.1 Å². The summed E-state index contributed by atoms with van der Waals surface area (Å²) in [5.41, 5.74) is 2.51. The van der Waals surface area contributed by atoms with Crippen molar-refractivity contribution < 1.29 is 14.3 Å². The van der Waals surface area contributed by atoms with E-state index in [4.69, 9.17) is 16.3 Å². The van der Waals surface area contributed by atoms with E-state index in [2.05, 4.69) is 10.3 Å². The van der Waals surface area contributed by atoms with Crippen molar-refractivity contribution in [2.24, 2.45) is 4.99 Å². The summed E-state index contributed by atoms with van der Waals surface area (Å²) in [4.78, 5) is 29.2. The fourth-order valence-corrected chi connectivity index (χ4v) is 3.44. The Morgan fingerprint density at radius 3 is 2.54 bits per heavy atom. The van der Waals surface area contributed by atoms with Crippen LogP contribution in [0.15, 0.2) is 58.4 Å². The van der Waals surface area contributed by atoms with Crippen LogP contribution in [0.25, 0.3) is 5.57 Å². The number of hydrogen-bond donors (Lipinski definition) is 1. The summed E-state index contributed by atoms with van der Waals surface area (Å²) in [6.07, 6.45) is 0. The molecule has 2 aromatic carbocycles. The summed E-state index contributed by atoms with van der Waals surface area (Å²) >= 11 is 7.15. The Labute approximate surface area is 160 Å². The predicted molar refractivity (Wildman–Crippen MR) is 105 cm³/mol. The number of nitrogens with zero attached hydrogens (tertiary/aromatic N) is 1. The van der Waals surface area contributed by atoms with Gasteiger partial charge < -0.3 is 10.1 Å². The zero-order chi connectivity index (χ0) is 18.7. The Morgan fingerprint density at radius 2 is 1.85 bits per heavy atom. The minimum atomic E-state index is -0.479. The number of amides is 1. The van der Waals surface area contributed by atoms with Gasteiger partial charge in [-0.2, -0.15) is 0 Å². The van der Waals surface area contributed by atoms with Gasteiger partial charge >= 0.3 is 5.97 Å². The fourth-order valence-electron chi connectivity index (χ4n) is 2.41. The molecule has 1 aliphatic heterocycles. The summed E-state index contributed by atoms with van der Waals surface area (Å²) in [5, 5.41) is 3.78. The van der Waals surface area contributed by atoms with Crippen molar-refractivity contribution in [1.82, 2.24) is 5.32 Å². The van der Waals surface area contributed by atoms with Crippen LogP contribution in [0.3, 0.4) is 0 Å². The first kappa shape index (κ1) is 18.2. The molecule has 1 aliphatic rings. The monoisotopic (exact) mass is 386 g/mol. The van der Waals surface area contributed by atoms with Gasteiger partial charge in [0.25, 0.3) is 5.91 Å². The maximum atomic E-state index is 12.3. The average Bonchev–Trinajstić information content (AvgIpc) is 3.01. The van der Waals surface area contributed by atoms with Gasteiger partial charge in [0.1, 0.15) is 0 Å². The molecule has 5 nitrogen and oxygen atoms in total. The standard InChI is InChI=1S/C19H15ClN2O3S/c1-11(12-7-9-13(20)10-8-12)16-17(23)22-19(26-16)21-15-6-4-3-5-14(15)18(24)25-2/h3-10H,1-2H3,(H,21,22,23)/b16-11-. The third-order valence-electron chi connectivity index (χ3n) is 3.77. The molecule has 1 N–H and O–H groups in total. The van der Waals surface area contributed by atoms with Gasteiger partial charge in [0.05, 0.1) is 23.3 Å². The maximum absolute atomic E-state index is 12.3. The molecule has 26 heavy (non-hydrogen) atoms. The van der Waals surface area contributed by atoms with E-state index in [1.54, 1.807) is 36.4 Å². The lowest BCUT2D eigenvalue weighted by Gasteiger charge is -2.04. The number of carbonyl (C=O) groups is 2. The van der Waals surface area contributed by atoms with Crippen LogP contribution >= 0.6 is 23.4 Å². The van der Waals surface area contributed by atoms with Gasteiger partial charge in [-0.25, -0.2) is 9.79 Å². The van der Waals surface area contributed by atoms with E-state index >= 15 is 0 Å². The molecule has 1 heterocycles. The molecule has 2 aromatic rings. The van der Waals surface area contributed by atoms with Gasteiger partial charge in [0.2, 0.25) is 0 Å².